The van der Waals surface area contributed by atoms with Gasteiger partial charge in [0.15, 0.2) is 0 Å². The van der Waals surface area contributed by atoms with E-state index in [0.717, 1.165) is 44.3 Å². The lowest BCUT2D eigenvalue weighted by Gasteiger charge is -2.39. The molecule has 1 aliphatic rings. The van der Waals surface area contributed by atoms with E-state index in [0.29, 0.717) is 47.5 Å². The highest BCUT2D eigenvalue weighted by atomic mass is 35.5. The van der Waals surface area contributed by atoms with Crippen LogP contribution in [0.25, 0.3) is 10.9 Å². The Morgan fingerprint density at radius 3 is 2.64 bits per heavy atom. The van der Waals surface area contributed by atoms with Crippen LogP contribution < -0.4 is 4.74 Å². The highest BCUT2D eigenvalue weighted by Crippen LogP contribution is 2.41. The summed E-state index contributed by atoms with van der Waals surface area (Å²) in [7, 11) is 1.58. The topological polar surface area (TPSA) is 95.8 Å². The summed E-state index contributed by atoms with van der Waals surface area (Å²) in [5.41, 5.74) is 1.75. The maximum absolute atomic E-state index is 12.4. The molecule has 0 bridgehead atoms. The Kier molecular flexibility index (Phi) is 8.77. The van der Waals surface area contributed by atoms with Gasteiger partial charge < -0.3 is 19.8 Å². The zero-order valence-electron chi connectivity index (χ0n) is 20.7. The van der Waals surface area contributed by atoms with Crippen molar-refractivity contribution < 1.29 is 19.7 Å². The van der Waals surface area contributed by atoms with Crippen LogP contribution >= 0.6 is 11.6 Å². The van der Waals surface area contributed by atoms with Crippen LogP contribution in [0.2, 0.25) is 5.02 Å². The van der Waals surface area contributed by atoms with E-state index < -0.39 is 17.5 Å². The molecule has 0 aliphatic carbocycles. The van der Waals surface area contributed by atoms with Crippen LogP contribution in [0.3, 0.4) is 0 Å². The van der Waals surface area contributed by atoms with Crippen molar-refractivity contribution in [2.45, 2.75) is 51.0 Å². The van der Waals surface area contributed by atoms with Crippen molar-refractivity contribution in [2.75, 3.05) is 26.7 Å². The first kappa shape index (κ1) is 26.3. The predicted octanol–water partition coefficient (Wildman–Crippen LogP) is 5.30. The highest BCUT2D eigenvalue weighted by molar-refractivity contribution is 6.32. The van der Waals surface area contributed by atoms with Gasteiger partial charge >= 0.3 is 5.97 Å². The number of halogens is 1. The van der Waals surface area contributed by atoms with Gasteiger partial charge in [-0.25, -0.2) is 0 Å². The number of aliphatic hydroxyl groups is 1. The average molecular weight is 512 g/mol. The number of nitrogens with zero attached hydrogens (tertiary/aromatic N) is 3. The zero-order valence-corrected chi connectivity index (χ0v) is 21.5. The molecule has 8 heteroatoms. The SMILES string of the molecule is COc1ccc2ncc(Cl)c(C(O)CCC3(C(=O)O)CCN(CCCCc4ccncc4)CC3)c2c1. The average Bonchev–Trinajstić information content (AvgIpc) is 2.90. The van der Waals surface area contributed by atoms with Crippen molar-refractivity contribution >= 4 is 28.5 Å². The number of piperidine rings is 1. The van der Waals surface area contributed by atoms with Gasteiger partial charge in [-0.15, -0.1) is 0 Å². The fraction of sp³-hybridized carbons (Fsp3) is 0.464. The van der Waals surface area contributed by atoms with Crippen molar-refractivity contribution in [1.82, 2.24) is 14.9 Å². The number of unbranched alkanes of at least 4 members (excludes halogenated alkanes) is 1. The van der Waals surface area contributed by atoms with Crippen LogP contribution in [-0.4, -0.2) is 57.8 Å². The number of carbonyl (C=O) groups is 1. The number of carboxylic acids is 1. The number of likely N-dealkylation sites (tertiary alicyclic amines) is 1. The van der Waals surface area contributed by atoms with Crippen LogP contribution in [0.1, 0.15) is 55.8 Å². The molecular weight excluding hydrogens is 478 g/mol. The molecular formula is C28H34ClN3O4. The second kappa shape index (κ2) is 12.0. The fourth-order valence-electron chi connectivity index (χ4n) is 5.18. The molecule has 0 spiro atoms. The first-order valence-corrected chi connectivity index (χ1v) is 12.9. The molecule has 36 heavy (non-hydrogen) atoms. The molecule has 2 N–H and O–H groups in total. The molecule has 1 aromatic carbocycles. The molecule has 192 valence electrons. The molecule has 2 aromatic heterocycles. The minimum Gasteiger partial charge on any atom is -0.497 e. The largest absolute Gasteiger partial charge is 0.497 e. The third-order valence-corrected chi connectivity index (χ3v) is 7.80. The highest BCUT2D eigenvalue weighted by Gasteiger charge is 2.41. The summed E-state index contributed by atoms with van der Waals surface area (Å²) in [6.45, 7) is 2.49. The predicted molar refractivity (Wildman–Crippen MR) is 140 cm³/mol. The van der Waals surface area contributed by atoms with Crippen molar-refractivity contribution in [1.29, 1.82) is 0 Å². The molecule has 1 atom stereocenters. The smallest absolute Gasteiger partial charge is 0.309 e. The Labute approximate surface area is 217 Å². The van der Waals surface area contributed by atoms with Gasteiger partial charge in [-0.1, -0.05) is 11.6 Å². The number of hydrogen-bond donors (Lipinski definition) is 2. The second-order valence-electron chi connectivity index (χ2n) is 9.70. The number of aromatic nitrogens is 2. The first-order valence-electron chi connectivity index (χ1n) is 12.6. The molecule has 0 saturated carbocycles. The zero-order chi connectivity index (χ0) is 25.5. The van der Waals surface area contributed by atoms with Crippen molar-refractivity contribution in [3.8, 4) is 5.75 Å². The van der Waals surface area contributed by atoms with Gasteiger partial charge in [0.25, 0.3) is 0 Å². The molecule has 3 heterocycles. The van der Waals surface area contributed by atoms with E-state index in [-0.39, 0.29) is 0 Å². The van der Waals surface area contributed by atoms with Gasteiger partial charge in [0.2, 0.25) is 0 Å². The number of hydrogen-bond acceptors (Lipinski definition) is 6. The lowest BCUT2D eigenvalue weighted by Crippen LogP contribution is -2.44. The second-order valence-corrected chi connectivity index (χ2v) is 10.1. The number of fused-ring (bicyclic) bond motifs is 1. The Balaban J connectivity index is 1.34. The van der Waals surface area contributed by atoms with Crippen LogP contribution in [0.4, 0.5) is 0 Å². The normalized spacial score (nSPS) is 16.6. The summed E-state index contributed by atoms with van der Waals surface area (Å²) in [5.74, 6) is -0.130. The fourth-order valence-corrected chi connectivity index (χ4v) is 5.46. The van der Waals surface area contributed by atoms with E-state index >= 15 is 0 Å². The Morgan fingerprint density at radius 2 is 1.94 bits per heavy atom. The minimum atomic E-state index is -0.891. The van der Waals surface area contributed by atoms with Crippen LogP contribution in [0, 0.1) is 5.41 Å². The maximum Gasteiger partial charge on any atom is 0.309 e. The summed E-state index contributed by atoms with van der Waals surface area (Å²) >= 11 is 6.44. The van der Waals surface area contributed by atoms with E-state index in [9.17, 15) is 15.0 Å². The summed E-state index contributed by atoms with van der Waals surface area (Å²) < 4.78 is 5.33. The lowest BCUT2D eigenvalue weighted by atomic mass is 9.74. The van der Waals surface area contributed by atoms with E-state index in [1.54, 1.807) is 7.11 Å². The van der Waals surface area contributed by atoms with Gasteiger partial charge in [0.1, 0.15) is 5.75 Å². The number of pyridine rings is 2. The van der Waals surface area contributed by atoms with Crippen LogP contribution in [-0.2, 0) is 11.2 Å². The van der Waals surface area contributed by atoms with Gasteiger partial charge in [0.05, 0.1) is 29.2 Å². The molecule has 1 unspecified atom stereocenters. The van der Waals surface area contributed by atoms with Gasteiger partial charge in [0, 0.05) is 29.5 Å². The van der Waals surface area contributed by atoms with Gasteiger partial charge in [-0.2, -0.15) is 0 Å². The Hall–Kier alpha value is -2.74. The summed E-state index contributed by atoms with van der Waals surface area (Å²) in [5, 5.41) is 22.3. The molecule has 4 rings (SSSR count). The van der Waals surface area contributed by atoms with Crippen molar-refractivity contribution in [2.24, 2.45) is 5.41 Å². The maximum atomic E-state index is 12.4. The van der Waals surface area contributed by atoms with E-state index in [1.165, 1.54) is 11.8 Å². The third-order valence-electron chi connectivity index (χ3n) is 7.50. The lowest BCUT2D eigenvalue weighted by molar-refractivity contribution is -0.153. The van der Waals surface area contributed by atoms with Crippen LogP contribution in [0.15, 0.2) is 48.9 Å². The molecule has 7 nitrogen and oxygen atoms in total. The number of ether oxygens (including phenoxy) is 1. The summed E-state index contributed by atoms with van der Waals surface area (Å²) in [4.78, 5) is 23.1. The molecule has 1 fully saturated rings. The number of carboxylic acid groups (broad SMARTS) is 1. The van der Waals surface area contributed by atoms with E-state index in [2.05, 4.69) is 27.0 Å². The molecule has 0 radical (unpaired) electrons. The molecule has 0 amide bonds. The van der Waals surface area contributed by atoms with Gasteiger partial charge in [-0.05, 0) is 100 Å². The first-order chi connectivity index (χ1) is 17.4. The molecule has 3 aromatic rings. The molecule has 1 saturated heterocycles. The quantitative estimate of drug-likeness (QED) is 0.337. The minimum absolute atomic E-state index is 0.314. The number of aliphatic hydroxyl groups excluding tert-OH is 1. The standard InChI is InChI=1S/C28H34ClN3O4/c1-36-21-5-6-24-22(18-21)26(23(29)19-31-24)25(33)7-10-28(27(34)35)11-16-32(17-12-28)15-3-2-4-20-8-13-30-14-9-20/h5-6,8-9,13-14,18-19,25,33H,2-4,7,10-12,15-17H2,1H3,(H,34,35). The number of methoxy groups -OCH3 is 1. The van der Waals surface area contributed by atoms with E-state index in [4.69, 9.17) is 16.3 Å². The van der Waals surface area contributed by atoms with Crippen molar-refractivity contribution in [3.05, 3.63) is 65.1 Å². The summed E-state index contributed by atoms with van der Waals surface area (Å²) in [6, 6.07) is 9.55. The number of benzene rings is 1. The summed E-state index contributed by atoms with van der Waals surface area (Å²) in [6.07, 6.45) is 9.38. The van der Waals surface area contributed by atoms with Crippen molar-refractivity contribution in [3.63, 3.8) is 0 Å². The van der Waals surface area contributed by atoms with Crippen LogP contribution in [0.5, 0.6) is 5.75 Å². The third kappa shape index (κ3) is 6.14. The molecule has 1 aliphatic heterocycles. The number of rotatable bonds is 11. The number of aliphatic carboxylic acids is 1. The number of aryl methyl sites for hydroxylation is 1. The Bertz CT molecular complexity index is 1170. The van der Waals surface area contributed by atoms with E-state index in [1.807, 2.05) is 30.6 Å². The Morgan fingerprint density at radius 1 is 1.19 bits per heavy atom. The monoisotopic (exact) mass is 511 g/mol. The van der Waals surface area contributed by atoms with Gasteiger partial charge in [-0.3, -0.25) is 14.8 Å².